The third-order valence-corrected chi connectivity index (χ3v) is 2.56. The highest BCUT2D eigenvalue weighted by atomic mass is 16.2. The molecular formula is C11H15N5O. The van der Waals surface area contributed by atoms with Crippen LogP contribution < -0.4 is 11.1 Å². The SMILES string of the molecule is CCn1cc(N)cc1C(=O)Nc1[nH]ncc1C. The molecule has 0 saturated carbocycles. The maximum atomic E-state index is 12.0. The molecule has 0 bridgehead atoms. The van der Waals surface area contributed by atoms with Crippen molar-refractivity contribution in [3.05, 3.63) is 29.7 Å². The summed E-state index contributed by atoms with van der Waals surface area (Å²) < 4.78 is 1.80. The Morgan fingerprint density at radius 3 is 3.00 bits per heavy atom. The van der Waals surface area contributed by atoms with E-state index in [1.807, 2.05) is 13.8 Å². The molecule has 4 N–H and O–H groups in total. The standard InChI is InChI=1S/C11H15N5O/c1-3-16-6-8(12)4-9(16)11(17)14-10-7(2)5-13-15-10/h4-6H,3,12H2,1-2H3,(H2,13,14,15,17). The van der Waals surface area contributed by atoms with Gasteiger partial charge in [0.25, 0.3) is 5.91 Å². The van der Waals surface area contributed by atoms with Crippen LogP contribution in [0.25, 0.3) is 0 Å². The van der Waals surface area contributed by atoms with Crippen molar-refractivity contribution in [3.63, 3.8) is 0 Å². The fourth-order valence-electron chi connectivity index (χ4n) is 1.64. The first-order valence-electron chi connectivity index (χ1n) is 5.38. The first kappa shape index (κ1) is 11.3. The Hall–Kier alpha value is -2.24. The molecule has 0 fully saturated rings. The lowest BCUT2D eigenvalue weighted by molar-refractivity contribution is 0.101. The van der Waals surface area contributed by atoms with Crippen LogP contribution in [-0.2, 0) is 6.54 Å². The van der Waals surface area contributed by atoms with E-state index in [2.05, 4.69) is 15.5 Å². The van der Waals surface area contributed by atoms with E-state index in [1.165, 1.54) is 0 Å². The Morgan fingerprint density at radius 2 is 2.41 bits per heavy atom. The van der Waals surface area contributed by atoms with Gasteiger partial charge in [-0.05, 0) is 19.9 Å². The van der Waals surface area contributed by atoms with Gasteiger partial charge in [0.15, 0.2) is 0 Å². The number of amides is 1. The molecule has 0 aliphatic heterocycles. The number of aromatic nitrogens is 3. The zero-order chi connectivity index (χ0) is 12.4. The van der Waals surface area contributed by atoms with E-state index < -0.39 is 0 Å². The van der Waals surface area contributed by atoms with Crippen LogP contribution in [0.15, 0.2) is 18.5 Å². The van der Waals surface area contributed by atoms with Crippen molar-refractivity contribution >= 4 is 17.4 Å². The third kappa shape index (κ3) is 2.15. The van der Waals surface area contributed by atoms with Gasteiger partial charge in [-0.15, -0.1) is 0 Å². The average Bonchev–Trinajstić information content (AvgIpc) is 2.85. The summed E-state index contributed by atoms with van der Waals surface area (Å²) in [5.41, 5.74) is 7.69. The number of aromatic amines is 1. The molecule has 0 aliphatic rings. The number of hydrogen-bond donors (Lipinski definition) is 3. The van der Waals surface area contributed by atoms with Crippen LogP contribution in [-0.4, -0.2) is 20.7 Å². The molecule has 2 aromatic rings. The fraction of sp³-hybridized carbons (Fsp3) is 0.273. The molecule has 0 aliphatic carbocycles. The summed E-state index contributed by atoms with van der Waals surface area (Å²) in [7, 11) is 0. The number of nitrogen functional groups attached to an aromatic ring is 1. The summed E-state index contributed by atoms with van der Waals surface area (Å²) in [6, 6.07) is 1.66. The highest BCUT2D eigenvalue weighted by Crippen LogP contribution is 2.14. The summed E-state index contributed by atoms with van der Waals surface area (Å²) in [6.45, 7) is 4.52. The second-order valence-electron chi connectivity index (χ2n) is 3.83. The molecule has 2 aromatic heterocycles. The maximum Gasteiger partial charge on any atom is 0.273 e. The van der Waals surface area contributed by atoms with Gasteiger partial charge >= 0.3 is 0 Å². The number of nitrogens with one attached hydrogen (secondary N) is 2. The highest BCUT2D eigenvalue weighted by Gasteiger charge is 2.13. The van der Waals surface area contributed by atoms with Crippen molar-refractivity contribution in [1.29, 1.82) is 0 Å². The Bertz CT molecular complexity index is 540. The lowest BCUT2D eigenvalue weighted by Gasteiger charge is -2.06. The summed E-state index contributed by atoms with van der Waals surface area (Å²) in [6.07, 6.45) is 3.40. The molecule has 0 spiro atoms. The molecule has 0 radical (unpaired) electrons. The van der Waals surface area contributed by atoms with Crippen LogP contribution in [0.3, 0.4) is 0 Å². The molecular weight excluding hydrogens is 218 g/mol. The van der Waals surface area contributed by atoms with Gasteiger partial charge in [0.2, 0.25) is 0 Å². The van der Waals surface area contributed by atoms with Gasteiger partial charge in [-0.25, -0.2) is 0 Å². The lowest BCUT2D eigenvalue weighted by atomic mass is 10.3. The van der Waals surface area contributed by atoms with Gasteiger partial charge in [0.05, 0.1) is 11.9 Å². The van der Waals surface area contributed by atoms with Crippen LogP contribution in [0.5, 0.6) is 0 Å². The van der Waals surface area contributed by atoms with E-state index in [9.17, 15) is 4.79 Å². The largest absolute Gasteiger partial charge is 0.397 e. The van der Waals surface area contributed by atoms with Crippen LogP contribution in [0, 0.1) is 6.92 Å². The predicted molar refractivity (Wildman–Crippen MR) is 65.8 cm³/mol. The van der Waals surface area contributed by atoms with Crippen molar-refractivity contribution < 1.29 is 4.79 Å². The van der Waals surface area contributed by atoms with E-state index in [1.54, 1.807) is 23.0 Å². The van der Waals surface area contributed by atoms with E-state index in [0.717, 1.165) is 5.56 Å². The molecule has 1 amide bonds. The van der Waals surface area contributed by atoms with Crippen molar-refractivity contribution in [3.8, 4) is 0 Å². The van der Waals surface area contributed by atoms with E-state index >= 15 is 0 Å². The van der Waals surface area contributed by atoms with Crippen LogP contribution in [0.2, 0.25) is 0 Å². The van der Waals surface area contributed by atoms with Crippen LogP contribution in [0.4, 0.5) is 11.5 Å². The molecule has 0 aromatic carbocycles. The molecule has 6 heteroatoms. The molecule has 17 heavy (non-hydrogen) atoms. The number of nitrogens with zero attached hydrogens (tertiary/aromatic N) is 2. The second-order valence-corrected chi connectivity index (χ2v) is 3.83. The zero-order valence-electron chi connectivity index (χ0n) is 9.82. The summed E-state index contributed by atoms with van der Waals surface area (Å²) in [5.74, 6) is 0.410. The predicted octanol–water partition coefficient (Wildman–Crippen LogP) is 1.37. The molecule has 0 unspecified atom stereocenters. The Kier molecular flexibility index (Phi) is 2.86. The van der Waals surface area contributed by atoms with Gasteiger partial charge in [-0.2, -0.15) is 5.10 Å². The van der Waals surface area contributed by atoms with Crippen molar-refractivity contribution in [2.24, 2.45) is 0 Å². The monoisotopic (exact) mass is 233 g/mol. The molecule has 0 atom stereocenters. The number of carbonyl (C=O) groups is 1. The smallest absolute Gasteiger partial charge is 0.273 e. The topological polar surface area (TPSA) is 88.7 Å². The van der Waals surface area contributed by atoms with Gasteiger partial charge in [0, 0.05) is 18.3 Å². The number of anilines is 2. The number of H-pyrrole nitrogens is 1. The molecule has 6 nitrogen and oxygen atoms in total. The lowest BCUT2D eigenvalue weighted by Crippen LogP contribution is -2.17. The minimum atomic E-state index is -0.198. The maximum absolute atomic E-state index is 12.0. The zero-order valence-corrected chi connectivity index (χ0v) is 9.82. The quantitative estimate of drug-likeness (QED) is 0.748. The van der Waals surface area contributed by atoms with Gasteiger partial charge in [-0.3, -0.25) is 9.89 Å². The van der Waals surface area contributed by atoms with E-state index in [4.69, 9.17) is 5.73 Å². The molecule has 2 heterocycles. The van der Waals surface area contributed by atoms with Crippen molar-refractivity contribution in [2.75, 3.05) is 11.1 Å². The second kappa shape index (κ2) is 4.32. The first-order valence-corrected chi connectivity index (χ1v) is 5.38. The Balaban J connectivity index is 2.23. The van der Waals surface area contributed by atoms with Gasteiger partial charge in [0.1, 0.15) is 11.5 Å². The first-order chi connectivity index (χ1) is 8.11. The normalized spacial score (nSPS) is 10.5. The van der Waals surface area contributed by atoms with Crippen molar-refractivity contribution in [2.45, 2.75) is 20.4 Å². The third-order valence-electron chi connectivity index (χ3n) is 2.56. The number of nitrogens with two attached hydrogens (primary N) is 1. The number of carbonyl (C=O) groups excluding carboxylic acids is 1. The molecule has 0 saturated heterocycles. The van der Waals surface area contributed by atoms with Crippen molar-refractivity contribution in [1.82, 2.24) is 14.8 Å². The number of aryl methyl sites for hydroxylation is 2. The summed E-state index contributed by atoms with van der Waals surface area (Å²) >= 11 is 0. The van der Waals surface area contributed by atoms with Gasteiger partial charge < -0.3 is 15.6 Å². The van der Waals surface area contributed by atoms with Crippen LogP contribution in [0.1, 0.15) is 23.0 Å². The highest BCUT2D eigenvalue weighted by molar-refractivity contribution is 6.03. The Labute approximate surface area is 98.8 Å². The minimum Gasteiger partial charge on any atom is -0.397 e. The molecule has 2 rings (SSSR count). The number of rotatable bonds is 3. The fourth-order valence-corrected chi connectivity index (χ4v) is 1.64. The summed E-state index contributed by atoms with van der Waals surface area (Å²) in [5, 5.41) is 9.33. The minimum absolute atomic E-state index is 0.198. The van der Waals surface area contributed by atoms with Crippen LogP contribution >= 0.6 is 0 Å². The van der Waals surface area contributed by atoms with E-state index in [0.29, 0.717) is 23.7 Å². The van der Waals surface area contributed by atoms with Gasteiger partial charge in [-0.1, -0.05) is 0 Å². The number of hydrogen-bond acceptors (Lipinski definition) is 3. The Morgan fingerprint density at radius 1 is 1.65 bits per heavy atom. The summed E-state index contributed by atoms with van der Waals surface area (Å²) in [4.78, 5) is 12.0. The molecule has 90 valence electrons. The van der Waals surface area contributed by atoms with E-state index in [-0.39, 0.29) is 5.91 Å². The average molecular weight is 233 g/mol.